The molecule has 3 heterocycles. The number of allylic oxidation sites excluding steroid dienone is 2. The van der Waals surface area contributed by atoms with Gasteiger partial charge in [-0.15, -0.1) is 5.46 Å². The highest BCUT2D eigenvalue weighted by molar-refractivity contribution is 6.94. The van der Waals surface area contributed by atoms with Crippen molar-refractivity contribution < 1.29 is 4.48 Å². The summed E-state index contributed by atoms with van der Waals surface area (Å²) in [4.78, 5) is 0. The molecular formula is C45H34BN. The van der Waals surface area contributed by atoms with Crippen LogP contribution in [0.1, 0.15) is 33.6 Å². The van der Waals surface area contributed by atoms with Gasteiger partial charge in [-0.2, -0.15) is 0 Å². The van der Waals surface area contributed by atoms with Crippen molar-refractivity contribution in [2.24, 2.45) is 0 Å². The number of aromatic nitrogens is 1. The van der Waals surface area contributed by atoms with Gasteiger partial charge < -0.3 is 4.48 Å². The molecular weight excluding hydrogens is 565 g/mol. The van der Waals surface area contributed by atoms with Crippen LogP contribution in [0, 0.1) is 0 Å². The highest BCUT2D eigenvalue weighted by Crippen LogP contribution is 2.66. The average molecular weight is 600 g/mol. The van der Waals surface area contributed by atoms with Crippen molar-refractivity contribution in [2.45, 2.75) is 11.1 Å². The van der Waals surface area contributed by atoms with E-state index in [0.717, 1.165) is 0 Å². The van der Waals surface area contributed by atoms with Crippen LogP contribution in [0.25, 0.3) is 22.4 Å². The Morgan fingerprint density at radius 2 is 1.00 bits per heavy atom. The lowest BCUT2D eigenvalue weighted by molar-refractivity contribution is -0.538. The van der Waals surface area contributed by atoms with Gasteiger partial charge in [0.25, 0.3) is 0 Å². The lowest BCUT2D eigenvalue weighted by atomic mass is 9.11. The van der Waals surface area contributed by atoms with Gasteiger partial charge in [-0.05, 0) is 40.0 Å². The number of hydrogen-bond donors (Lipinski definition) is 0. The van der Waals surface area contributed by atoms with E-state index in [1.807, 2.05) is 0 Å². The molecule has 0 spiro atoms. The van der Waals surface area contributed by atoms with Gasteiger partial charge in [0.2, 0.25) is 0 Å². The normalized spacial score (nSPS) is 21.1. The van der Waals surface area contributed by atoms with Crippen LogP contribution in [-0.4, -0.2) is 6.28 Å². The van der Waals surface area contributed by atoms with Gasteiger partial charge in [0.1, 0.15) is 6.20 Å². The zero-order valence-electron chi connectivity index (χ0n) is 26.2. The summed E-state index contributed by atoms with van der Waals surface area (Å²) in [5.74, 6) is 0.0101. The standard InChI is InChI=1S/C45H34BN/c1-6-20-34(21-7-1)42-43(35-22-8-2-9-23-35)45(37-26-12-4-13-27-37)40-31-17-16-30-39(40)41-32-18-19-33-47(41)46(45,38-28-14-5-15-29-38)44(42)36-24-10-3-11-25-36/h1-33,44H/t44-,45-,46+/m0/s1. The summed E-state index contributed by atoms with van der Waals surface area (Å²) in [5.41, 5.74) is 13.1. The third-order valence-electron chi connectivity index (χ3n) is 10.9. The Kier molecular flexibility index (Phi) is 6.43. The third-order valence-corrected chi connectivity index (χ3v) is 10.9. The monoisotopic (exact) mass is 599 g/mol. The number of fused-ring (bicyclic) bond motifs is 6. The molecule has 0 saturated carbocycles. The van der Waals surface area contributed by atoms with Gasteiger partial charge in [0, 0.05) is 11.6 Å². The minimum Gasteiger partial charge on any atom is -0.414 e. The molecule has 2 aliphatic rings. The zero-order valence-corrected chi connectivity index (χ0v) is 26.2. The Balaban J connectivity index is 1.63. The number of nitrogens with zero attached hydrogens (tertiary/aromatic N) is 1. The minimum atomic E-state index is -1.74. The summed E-state index contributed by atoms with van der Waals surface area (Å²) in [5, 5.41) is -0.564. The van der Waals surface area contributed by atoms with E-state index in [1.165, 1.54) is 55.7 Å². The number of pyridine rings is 1. The second-order valence-corrected chi connectivity index (χ2v) is 12.9. The lowest BCUT2D eigenvalue weighted by Gasteiger charge is -2.55. The van der Waals surface area contributed by atoms with Crippen LogP contribution in [0.2, 0.25) is 0 Å². The van der Waals surface area contributed by atoms with Crippen molar-refractivity contribution in [2.75, 3.05) is 0 Å². The molecule has 0 saturated heterocycles. The van der Waals surface area contributed by atoms with Crippen LogP contribution in [0.5, 0.6) is 0 Å². The first-order chi connectivity index (χ1) is 23.4. The van der Waals surface area contributed by atoms with Gasteiger partial charge in [0.15, 0.2) is 5.69 Å². The van der Waals surface area contributed by atoms with Crippen molar-refractivity contribution in [3.05, 3.63) is 228 Å². The average Bonchev–Trinajstić information content (AvgIpc) is 3.47. The van der Waals surface area contributed by atoms with E-state index in [2.05, 4.69) is 205 Å². The van der Waals surface area contributed by atoms with E-state index in [-0.39, 0.29) is 5.82 Å². The summed E-state index contributed by atoms with van der Waals surface area (Å²) in [6, 6.07) is 72.4. The first kappa shape index (κ1) is 27.6. The molecule has 0 fully saturated rings. The zero-order chi connectivity index (χ0) is 31.3. The maximum atomic E-state index is 2.70. The highest BCUT2D eigenvalue weighted by Gasteiger charge is 2.71. The molecule has 6 aromatic carbocycles. The molecule has 222 valence electrons. The summed E-state index contributed by atoms with van der Waals surface area (Å²) >= 11 is 0. The minimum absolute atomic E-state index is 0.0101. The predicted octanol–water partition coefficient (Wildman–Crippen LogP) is 9.13. The molecule has 2 heteroatoms. The van der Waals surface area contributed by atoms with E-state index in [1.54, 1.807) is 0 Å². The Morgan fingerprint density at radius 1 is 0.468 bits per heavy atom. The first-order valence-corrected chi connectivity index (χ1v) is 16.6. The third kappa shape index (κ3) is 3.76. The van der Waals surface area contributed by atoms with Gasteiger partial charge in [-0.25, -0.2) is 0 Å². The Hall–Kier alpha value is -5.73. The summed E-state index contributed by atoms with van der Waals surface area (Å²) < 4.78 is 2.70. The highest BCUT2D eigenvalue weighted by atomic mass is 15.0. The first-order valence-electron chi connectivity index (χ1n) is 16.6. The van der Waals surface area contributed by atoms with Crippen LogP contribution in [0.3, 0.4) is 0 Å². The Labute approximate surface area is 277 Å². The molecule has 0 radical (unpaired) electrons. The van der Waals surface area contributed by atoms with E-state index in [0.29, 0.717) is 0 Å². The topological polar surface area (TPSA) is 3.88 Å². The molecule has 0 N–H and O–H groups in total. The molecule has 0 bridgehead atoms. The molecule has 47 heavy (non-hydrogen) atoms. The molecule has 3 atom stereocenters. The number of hydrogen-bond acceptors (Lipinski definition) is 0. The van der Waals surface area contributed by atoms with Crippen LogP contribution in [-0.2, 0) is 5.31 Å². The maximum absolute atomic E-state index is 2.70. The molecule has 0 unspecified atom stereocenters. The van der Waals surface area contributed by atoms with Crippen molar-refractivity contribution in [1.82, 2.24) is 0 Å². The van der Waals surface area contributed by atoms with Crippen LogP contribution < -0.4 is 9.94 Å². The van der Waals surface area contributed by atoms with Crippen LogP contribution in [0.15, 0.2) is 200 Å². The van der Waals surface area contributed by atoms with E-state index in [4.69, 9.17) is 0 Å². The lowest BCUT2D eigenvalue weighted by Crippen LogP contribution is -2.84. The predicted molar refractivity (Wildman–Crippen MR) is 195 cm³/mol. The molecule has 1 aromatic heterocycles. The van der Waals surface area contributed by atoms with E-state index < -0.39 is 11.6 Å². The maximum Gasteiger partial charge on any atom is 0.335 e. The molecule has 0 aliphatic carbocycles. The van der Waals surface area contributed by atoms with Crippen molar-refractivity contribution in [3.8, 4) is 11.3 Å². The number of rotatable bonds is 5. The fraction of sp³-hybridized carbons (Fsp3) is 0.0444. The van der Waals surface area contributed by atoms with Crippen LogP contribution >= 0.6 is 0 Å². The SMILES string of the molecule is c1ccc(C2=C(c3ccccc3)[C@]3(c4ccccc4)c4ccccc4-c4cccc[n+]4[B@-]3(c3ccccc3)[C@H]2c2ccccc2)cc1. The molecule has 1 nitrogen and oxygen atoms in total. The Morgan fingerprint density at radius 3 is 1.68 bits per heavy atom. The number of benzene rings is 6. The molecule has 0 amide bonds. The van der Waals surface area contributed by atoms with E-state index in [9.17, 15) is 0 Å². The fourth-order valence-electron chi connectivity index (χ4n) is 9.55. The van der Waals surface area contributed by atoms with Crippen molar-refractivity contribution in [3.63, 3.8) is 0 Å². The summed E-state index contributed by atoms with van der Waals surface area (Å²) in [7, 11) is 0. The second-order valence-electron chi connectivity index (χ2n) is 12.9. The van der Waals surface area contributed by atoms with Crippen LogP contribution in [0.4, 0.5) is 0 Å². The largest absolute Gasteiger partial charge is 0.414 e. The quantitative estimate of drug-likeness (QED) is 0.174. The Bertz CT molecular complexity index is 2230. The molecule has 2 aliphatic heterocycles. The van der Waals surface area contributed by atoms with Gasteiger partial charge in [-0.3, -0.25) is 0 Å². The van der Waals surface area contributed by atoms with Gasteiger partial charge in [0.05, 0.1) is 0 Å². The second kappa shape index (κ2) is 11.0. The van der Waals surface area contributed by atoms with Gasteiger partial charge >= 0.3 is 6.28 Å². The summed E-state index contributed by atoms with van der Waals surface area (Å²) in [6.07, 6.45) is 0.621. The van der Waals surface area contributed by atoms with Crippen molar-refractivity contribution >= 4 is 22.9 Å². The van der Waals surface area contributed by atoms with E-state index >= 15 is 0 Å². The van der Waals surface area contributed by atoms with Gasteiger partial charge in [-0.1, -0.05) is 198 Å². The summed E-state index contributed by atoms with van der Waals surface area (Å²) in [6.45, 7) is 0. The smallest absolute Gasteiger partial charge is 0.335 e. The molecule has 9 rings (SSSR count). The van der Waals surface area contributed by atoms with Crippen molar-refractivity contribution in [1.29, 1.82) is 0 Å². The fourth-order valence-corrected chi connectivity index (χ4v) is 9.55. The molecule has 7 aromatic rings.